The van der Waals surface area contributed by atoms with Crippen LogP contribution in [-0.2, 0) is 20.9 Å². The number of benzene rings is 2. The lowest BCUT2D eigenvalue weighted by molar-refractivity contribution is -0.136. The summed E-state index contributed by atoms with van der Waals surface area (Å²) in [6, 6.07) is 11.4. The van der Waals surface area contributed by atoms with E-state index in [1.165, 1.54) is 12.1 Å². The predicted molar refractivity (Wildman–Crippen MR) is 207 cm³/mol. The van der Waals surface area contributed by atoms with Crippen molar-refractivity contribution in [3.8, 4) is 17.0 Å². The lowest BCUT2D eigenvalue weighted by atomic mass is 10.0. The number of piperazine rings is 2. The van der Waals surface area contributed by atoms with Gasteiger partial charge in [-0.3, -0.25) is 24.6 Å². The molecule has 3 N–H and O–H groups in total. The Morgan fingerprint density at radius 2 is 1.79 bits per heavy atom. The number of ether oxygens (including phenoxy) is 1. The fourth-order valence-electron chi connectivity index (χ4n) is 9.55. The van der Waals surface area contributed by atoms with E-state index in [1.807, 2.05) is 34.1 Å². The number of fused-ring (bicyclic) bond motifs is 4. The molecule has 57 heavy (non-hydrogen) atoms. The number of hydrogen-bond acceptors (Lipinski definition) is 12. The molecule has 7 heterocycles. The zero-order chi connectivity index (χ0) is 39.5. The first-order valence-corrected chi connectivity index (χ1v) is 19.8. The number of phenolic OH excluding ortho intramolecular Hbond substituents is 1. The molecule has 0 saturated carbocycles. The largest absolute Gasteiger partial charge is 0.504 e. The molecule has 2 aromatic carbocycles. The Labute approximate surface area is 329 Å². The number of rotatable bonds is 5. The minimum absolute atomic E-state index is 0.00193. The van der Waals surface area contributed by atoms with Gasteiger partial charge in [-0.05, 0) is 62.2 Å². The Morgan fingerprint density at radius 3 is 2.60 bits per heavy atom. The van der Waals surface area contributed by atoms with Gasteiger partial charge < -0.3 is 39.7 Å². The summed E-state index contributed by atoms with van der Waals surface area (Å²) < 4.78 is 20.4. The van der Waals surface area contributed by atoms with Crippen molar-refractivity contribution in [1.82, 2.24) is 35.1 Å². The predicted octanol–water partition coefficient (Wildman–Crippen LogP) is 2.09. The summed E-state index contributed by atoms with van der Waals surface area (Å²) in [6.45, 7) is 11.0. The Morgan fingerprint density at radius 1 is 0.965 bits per heavy atom. The number of carbonyl (C=O) groups is 4. The van der Waals surface area contributed by atoms with Crippen LogP contribution in [0.1, 0.15) is 42.6 Å². The first-order valence-electron chi connectivity index (χ1n) is 19.8. The van der Waals surface area contributed by atoms with E-state index < -0.39 is 23.5 Å². The normalized spacial score (nSPS) is 26.5. The van der Waals surface area contributed by atoms with Gasteiger partial charge in [0.2, 0.25) is 11.8 Å². The Kier molecular flexibility index (Phi) is 9.59. The van der Waals surface area contributed by atoms with Crippen LogP contribution < -0.4 is 20.4 Å². The second-order valence-electron chi connectivity index (χ2n) is 16.1. The van der Waals surface area contributed by atoms with E-state index in [9.17, 15) is 28.7 Å². The maximum Gasteiger partial charge on any atom is 0.320 e. The van der Waals surface area contributed by atoms with Gasteiger partial charge in [-0.1, -0.05) is 6.07 Å². The van der Waals surface area contributed by atoms with Crippen LogP contribution in [-0.4, -0.2) is 154 Å². The molecule has 4 fully saturated rings. The Balaban J connectivity index is 0.799. The zero-order valence-corrected chi connectivity index (χ0v) is 32.1. The SMILES string of the molecule is C[C@@H]1CN(C[C@H]2CN(c3ccc4c(c3)CN(C3CCC(=O)NC3=O)C4=O)CCO2)C[C@H](C)N1C(=O)N1CCN2c3cc(-c4cccc(F)c4O)nnc3NC[C@H]2C1. The summed E-state index contributed by atoms with van der Waals surface area (Å²) in [4.78, 5) is 64.0. The number of para-hydroxylation sites is 1. The molecular formula is C40H47FN10O6. The van der Waals surface area contributed by atoms with Gasteiger partial charge in [0.1, 0.15) is 6.04 Å². The van der Waals surface area contributed by atoms with Crippen LogP contribution in [0, 0.1) is 5.82 Å². The van der Waals surface area contributed by atoms with Crippen LogP contribution in [0.5, 0.6) is 5.75 Å². The van der Waals surface area contributed by atoms with Gasteiger partial charge in [-0.25, -0.2) is 9.18 Å². The van der Waals surface area contributed by atoms with E-state index in [0.29, 0.717) is 69.4 Å². The zero-order valence-electron chi connectivity index (χ0n) is 32.1. The summed E-state index contributed by atoms with van der Waals surface area (Å²) in [5, 5.41) is 24.6. The van der Waals surface area contributed by atoms with Crippen molar-refractivity contribution < 1.29 is 33.4 Å². The molecule has 0 bridgehead atoms. The number of morpholine rings is 1. The average Bonchev–Trinajstić information content (AvgIpc) is 3.53. The number of piperidine rings is 1. The monoisotopic (exact) mass is 782 g/mol. The molecule has 300 valence electrons. The van der Waals surface area contributed by atoms with Crippen molar-refractivity contribution in [2.45, 2.75) is 63.5 Å². The third-order valence-electron chi connectivity index (χ3n) is 12.3. The number of urea groups is 1. The maximum absolute atomic E-state index is 14.2. The molecule has 4 saturated heterocycles. The van der Waals surface area contributed by atoms with Crippen LogP contribution >= 0.6 is 0 Å². The van der Waals surface area contributed by atoms with Gasteiger partial charge in [-0.15, -0.1) is 10.2 Å². The number of phenols is 1. The van der Waals surface area contributed by atoms with Crippen LogP contribution in [0.15, 0.2) is 42.5 Å². The summed E-state index contributed by atoms with van der Waals surface area (Å²) >= 11 is 0. The standard InChI is InChI=1S/C40H47FN10O6/c1-23-17-46(21-28-22-47(12-13-57-28)26-6-7-29-25(14-26)19-50(39(29)55)33-8-9-35(52)43-38(33)54)18-24(2)51(23)40(56)48-10-11-49-27(20-48)16-42-37-34(49)15-32(44-45-37)30-4-3-5-31(41)36(30)53/h3-7,14-15,23-24,27-28,33,53H,8-13,16-22H2,1-2H3,(H,42,45)(H,43,52,54)/t23-,24+,27-,28-,33?/m0/s1. The highest BCUT2D eigenvalue weighted by molar-refractivity contribution is 6.05. The molecule has 17 heteroatoms. The van der Waals surface area contributed by atoms with Crippen molar-refractivity contribution >= 4 is 40.9 Å². The topological polar surface area (TPSA) is 167 Å². The Bertz CT molecular complexity index is 2110. The number of carbonyl (C=O) groups excluding carboxylic acids is 4. The van der Waals surface area contributed by atoms with Crippen molar-refractivity contribution in [3.63, 3.8) is 0 Å². The molecular weight excluding hydrogens is 736 g/mol. The molecule has 16 nitrogen and oxygen atoms in total. The minimum atomic E-state index is -0.719. The van der Waals surface area contributed by atoms with Gasteiger partial charge in [0, 0.05) is 101 Å². The van der Waals surface area contributed by atoms with Crippen molar-refractivity contribution in [2.24, 2.45) is 0 Å². The van der Waals surface area contributed by atoms with Gasteiger partial charge in [0.15, 0.2) is 17.4 Å². The van der Waals surface area contributed by atoms with Gasteiger partial charge in [-0.2, -0.15) is 0 Å². The number of nitrogens with zero attached hydrogens (tertiary/aromatic N) is 8. The van der Waals surface area contributed by atoms with E-state index in [-0.39, 0.29) is 54.1 Å². The van der Waals surface area contributed by atoms with E-state index in [4.69, 9.17) is 4.74 Å². The quantitative estimate of drug-likeness (QED) is 0.323. The van der Waals surface area contributed by atoms with Gasteiger partial charge in [0.05, 0.1) is 30.1 Å². The smallest absolute Gasteiger partial charge is 0.320 e. The van der Waals surface area contributed by atoms with E-state index in [1.54, 1.807) is 11.0 Å². The van der Waals surface area contributed by atoms with Crippen molar-refractivity contribution in [3.05, 3.63) is 59.4 Å². The first-order chi connectivity index (χ1) is 27.5. The van der Waals surface area contributed by atoms with E-state index in [0.717, 1.165) is 43.1 Å². The second kappa shape index (κ2) is 14.8. The minimum Gasteiger partial charge on any atom is -0.504 e. The van der Waals surface area contributed by atoms with Crippen LogP contribution in [0.3, 0.4) is 0 Å². The summed E-state index contributed by atoms with van der Waals surface area (Å²) in [5.74, 6) is -1.46. The van der Waals surface area contributed by atoms with E-state index in [2.05, 4.69) is 49.4 Å². The van der Waals surface area contributed by atoms with Gasteiger partial charge >= 0.3 is 6.03 Å². The number of aromatic nitrogens is 2. The molecule has 5 amide bonds. The van der Waals surface area contributed by atoms with Crippen LogP contribution in [0.2, 0.25) is 0 Å². The second-order valence-corrected chi connectivity index (χ2v) is 16.1. The summed E-state index contributed by atoms with van der Waals surface area (Å²) in [6.07, 6.45) is 0.512. The summed E-state index contributed by atoms with van der Waals surface area (Å²) in [5.41, 5.74) is 3.95. The molecule has 0 aliphatic carbocycles. The maximum atomic E-state index is 14.2. The van der Waals surface area contributed by atoms with Crippen LogP contribution in [0.25, 0.3) is 11.3 Å². The third kappa shape index (κ3) is 6.85. The fourth-order valence-corrected chi connectivity index (χ4v) is 9.55. The number of halogens is 1. The average molecular weight is 783 g/mol. The first kappa shape index (κ1) is 37.1. The van der Waals surface area contributed by atoms with Crippen molar-refractivity contribution in [1.29, 1.82) is 0 Å². The Hall–Kier alpha value is -5.55. The highest BCUT2D eigenvalue weighted by Crippen LogP contribution is 2.37. The number of aromatic hydroxyl groups is 1. The molecule has 9 rings (SSSR count). The molecule has 5 atom stereocenters. The van der Waals surface area contributed by atoms with Gasteiger partial charge in [0.25, 0.3) is 5.91 Å². The fraction of sp³-hybridized carbons (Fsp3) is 0.500. The third-order valence-corrected chi connectivity index (χ3v) is 12.3. The van der Waals surface area contributed by atoms with Crippen molar-refractivity contribution in [2.75, 3.05) is 80.6 Å². The number of anilines is 3. The number of nitrogens with one attached hydrogen (secondary N) is 2. The molecule has 6 aliphatic rings. The molecule has 3 aromatic rings. The molecule has 0 spiro atoms. The lowest BCUT2D eigenvalue weighted by Gasteiger charge is -2.50. The van der Waals surface area contributed by atoms with Crippen LogP contribution in [0.4, 0.5) is 26.4 Å². The highest BCUT2D eigenvalue weighted by Gasteiger charge is 2.42. The van der Waals surface area contributed by atoms with E-state index >= 15 is 0 Å². The summed E-state index contributed by atoms with van der Waals surface area (Å²) in [7, 11) is 0. The lowest BCUT2D eigenvalue weighted by Crippen LogP contribution is -2.66. The molecule has 0 radical (unpaired) electrons. The number of amides is 5. The number of hydrogen-bond donors (Lipinski definition) is 3. The molecule has 1 unspecified atom stereocenters. The highest BCUT2D eigenvalue weighted by atomic mass is 19.1. The number of imide groups is 1. The molecule has 1 aromatic heterocycles. The molecule has 6 aliphatic heterocycles.